The van der Waals surface area contributed by atoms with Gasteiger partial charge in [0.2, 0.25) is 0 Å². The van der Waals surface area contributed by atoms with Crippen molar-refractivity contribution >= 4 is 10.8 Å². The van der Waals surface area contributed by atoms with Crippen LogP contribution >= 0.6 is 0 Å². The van der Waals surface area contributed by atoms with E-state index in [0.29, 0.717) is 11.8 Å². The van der Waals surface area contributed by atoms with Gasteiger partial charge in [-0.25, -0.2) is 5.10 Å². The number of benzene rings is 2. The van der Waals surface area contributed by atoms with Crippen molar-refractivity contribution in [3.05, 3.63) is 94.7 Å². The fourth-order valence-electron chi connectivity index (χ4n) is 2.79. The quantitative estimate of drug-likeness (QED) is 0.631. The van der Waals surface area contributed by atoms with Crippen LogP contribution in [-0.4, -0.2) is 14.8 Å². The monoisotopic (exact) mass is 301 g/mol. The maximum atomic E-state index is 11.8. The minimum Gasteiger partial charge on any atom is -0.324 e. The summed E-state index contributed by atoms with van der Waals surface area (Å²) in [4.78, 5) is 11.8. The number of fused-ring (bicyclic) bond motifs is 1. The van der Waals surface area contributed by atoms with Gasteiger partial charge in [-0.1, -0.05) is 30.3 Å². The Hall–Kier alpha value is -3.14. The Morgan fingerprint density at radius 1 is 0.870 bits per heavy atom. The average Bonchev–Trinajstić information content (AvgIpc) is 3.13. The zero-order valence-corrected chi connectivity index (χ0v) is 12.4. The Kier molecular flexibility index (Phi) is 3.27. The second-order valence-electron chi connectivity index (χ2n) is 5.48. The molecule has 4 rings (SSSR count). The number of hydrogen-bond acceptors (Lipinski definition) is 2. The van der Waals surface area contributed by atoms with Crippen LogP contribution in [-0.2, 0) is 6.42 Å². The van der Waals surface area contributed by atoms with Crippen molar-refractivity contribution < 1.29 is 0 Å². The molecular formula is C19H15N3O. The fourth-order valence-corrected chi connectivity index (χ4v) is 2.79. The lowest BCUT2D eigenvalue weighted by atomic mass is 10.0. The first kappa shape index (κ1) is 13.5. The van der Waals surface area contributed by atoms with Crippen molar-refractivity contribution in [1.82, 2.24) is 14.8 Å². The number of H-pyrrole nitrogens is 1. The molecule has 0 aliphatic rings. The average molecular weight is 301 g/mol. The molecule has 2 heterocycles. The maximum absolute atomic E-state index is 11.8. The van der Waals surface area contributed by atoms with E-state index in [0.717, 1.165) is 22.3 Å². The molecule has 0 aliphatic carbocycles. The molecule has 4 nitrogen and oxygen atoms in total. The third-order valence-electron chi connectivity index (χ3n) is 3.99. The van der Waals surface area contributed by atoms with Crippen LogP contribution in [0, 0.1) is 0 Å². The van der Waals surface area contributed by atoms with Gasteiger partial charge in [0.05, 0.1) is 11.1 Å². The Morgan fingerprint density at radius 2 is 1.57 bits per heavy atom. The summed E-state index contributed by atoms with van der Waals surface area (Å²) in [5.74, 6) is 0. The van der Waals surface area contributed by atoms with Gasteiger partial charge in [-0.05, 0) is 35.9 Å². The van der Waals surface area contributed by atoms with Crippen molar-refractivity contribution in [3.8, 4) is 5.69 Å². The third kappa shape index (κ3) is 2.55. The Bertz CT molecular complexity index is 999. The highest BCUT2D eigenvalue weighted by atomic mass is 16.1. The molecule has 0 radical (unpaired) electrons. The molecule has 0 spiro atoms. The van der Waals surface area contributed by atoms with Gasteiger partial charge in [0.15, 0.2) is 0 Å². The summed E-state index contributed by atoms with van der Waals surface area (Å²) in [6.07, 6.45) is 4.72. The van der Waals surface area contributed by atoms with Gasteiger partial charge in [0.25, 0.3) is 5.56 Å². The topological polar surface area (TPSA) is 50.7 Å². The van der Waals surface area contributed by atoms with Gasteiger partial charge in [0.1, 0.15) is 0 Å². The van der Waals surface area contributed by atoms with Crippen LogP contribution in [0.4, 0.5) is 0 Å². The first-order valence-corrected chi connectivity index (χ1v) is 7.50. The van der Waals surface area contributed by atoms with Crippen molar-refractivity contribution in [3.63, 3.8) is 0 Å². The number of aromatic amines is 1. The normalized spacial score (nSPS) is 11.0. The predicted octanol–water partition coefficient (Wildman–Crippen LogP) is 3.30. The van der Waals surface area contributed by atoms with E-state index in [1.165, 1.54) is 0 Å². The molecule has 23 heavy (non-hydrogen) atoms. The lowest BCUT2D eigenvalue weighted by Crippen LogP contribution is -2.11. The smallest absolute Gasteiger partial charge is 0.272 e. The number of nitrogens with one attached hydrogen (secondary N) is 1. The number of rotatable bonds is 3. The second-order valence-corrected chi connectivity index (χ2v) is 5.48. The third-order valence-corrected chi connectivity index (χ3v) is 3.99. The highest BCUT2D eigenvalue weighted by Crippen LogP contribution is 2.17. The van der Waals surface area contributed by atoms with Gasteiger partial charge in [0, 0.05) is 29.9 Å². The minimum atomic E-state index is -0.146. The van der Waals surface area contributed by atoms with Gasteiger partial charge in [-0.15, -0.1) is 0 Å². The zero-order valence-electron chi connectivity index (χ0n) is 12.4. The van der Waals surface area contributed by atoms with Crippen LogP contribution in [0.3, 0.4) is 0 Å². The number of aromatic nitrogens is 3. The molecule has 4 aromatic rings. The van der Waals surface area contributed by atoms with Gasteiger partial charge < -0.3 is 4.57 Å². The highest BCUT2D eigenvalue weighted by molar-refractivity contribution is 5.83. The van der Waals surface area contributed by atoms with Gasteiger partial charge >= 0.3 is 0 Å². The summed E-state index contributed by atoms with van der Waals surface area (Å²) in [6.45, 7) is 0. The fraction of sp³-hybridized carbons (Fsp3) is 0.0526. The number of hydrogen-bond donors (Lipinski definition) is 1. The molecule has 4 heteroatoms. The molecule has 0 amide bonds. The van der Waals surface area contributed by atoms with Crippen LogP contribution in [0.25, 0.3) is 16.5 Å². The molecule has 2 aromatic carbocycles. The van der Waals surface area contributed by atoms with Crippen molar-refractivity contribution in [2.24, 2.45) is 0 Å². The largest absolute Gasteiger partial charge is 0.324 e. The summed E-state index contributed by atoms with van der Waals surface area (Å²) in [6, 6.07) is 19.9. The molecule has 0 saturated heterocycles. The van der Waals surface area contributed by atoms with Crippen LogP contribution < -0.4 is 5.56 Å². The summed E-state index contributed by atoms with van der Waals surface area (Å²) >= 11 is 0. The van der Waals surface area contributed by atoms with E-state index in [9.17, 15) is 4.79 Å². The standard InChI is InChI=1S/C19H15N3O/c23-19-17-6-2-1-5-16(17)18(20-21-19)13-14-7-9-15(10-8-14)22-11-3-4-12-22/h1-12H,13H2,(H,21,23). The molecule has 0 saturated carbocycles. The van der Waals surface area contributed by atoms with Gasteiger partial charge in [-0.2, -0.15) is 5.10 Å². The summed E-state index contributed by atoms with van der Waals surface area (Å²) in [5, 5.41) is 8.41. The molecule has 0 atom stereocenters. The van der Waals surface area contributed by atoms with Crippen LogP contribution in [0.2, 0.25) is 0 Å². The van der Waals surface area contributed by atoms with E-state index in [2.05, 4.69) is 39.0 Å². The van der Waals surface area contributed by atoms with Gasteiger partial charge in [-0.3, -0.25) is 4.79 Å². The van der Waals surface area contributed by atoms with E-state index in [-0.39, 0.29) is 5.56 Å². The van der Waals surface area contributed by atoms with Crippen molar-refractivity contribution in [1.29, 1.82) is 0 Å². The summed E-state index contributed by atoms with van der Waals surface area (Å²) in [7, 11) is 0. The number of nitrogens with zero attached hydrogens (tertiary/aromatic N) is 2. The second kappa shape index (κ2) is 5.57. The Balaban J connectivity index is 1.69. The first-order valence-electron chi connectivity index (χ1n) is 7.50. The molecule has 2 aromatic heterocycles. The van der Waals surface area contributed by atoms with Crippen LogP contribution in [0.15, 0.2) is 77.9 Å². The molecule has 0 aliphatic heterocycles. The van der Waals surface area contributed by atoms with E-state index < -0.39 is 0 Å². The lowest BCUT2D eigenvalue weighted by molar-refractivity contribution is 0.933. The van der Waals surface area contributed by atoms with Crippen molar-refractivity contribution in [2.75, 3.05) is 0 Å². The molecule has 0 bridgehead atoms. The zero-order chi connectivity index (χ0) is 15.6. The molecule has 1 N–H and O–H groups in total. The Labute approximate surface area is 133 Å². The first-order chi connectivity index (χ1) is 11.3. The molecule has 0 fully saturated rings. The maximum Gasteiger partial charge on any atom is 0.272 e. The highest BCUT2D eigenvalue weighted by Gasteiger charge is 2.07. The van der Waals surface area contributed by atoms with E-state index in [1.807, 2.05) is 48.8 Å². The van der Waals surface area contributed by atoms with E-state index in [4.69, 9.17) is 0 Å². The SMILES string of the molecule is O=c1[nH]nc(Cc2ccc(-n3cccc3)cc2)c2ccccc12. The summed E-state index contributed by atoms with van der Waals surface area (Å²) in [5.41, 5.74) is 3.02. The van der Waals surface area contributed by atoms with Crippen LogP contribution in [0.5, 0.6) is 0 Å². The van der Waals surface area contributed by atoms with E-state index >= 15 is 0 Å². The molecule has 112 valence electrons. The lowest BCUT2D eigenvalue weighted by Gasteiger charge is -2.07. The summed E-state index contributed by atoms with van der Waals surface area (Å²) < 4.78 is 2.07. The molecule has 0 unspecified atom stereocenters. The molecular weight excluding hydrogens is 286 g/mol. The van der Waals surface area contributed by atoms with E-state index in [1.54, 1.807) is 0 Å². The van der Waals surface area contributed by atoms with Crippen molar-refractivity contribution in [2.45, 2.75) is 6.42 Å². The Morgan fingerprint density at radius 3 is 2.30 bits per heavy atom. The predicted molar refractivity (Wildman–Crippen MR) is 90.9 cm³/mol. The van der Waals surface area contributed by atoms with Crippen LogP contribution in [0.1, 0.15) is 11.3 Å². The minimum absolute atomic E-state index is 0.146.